The number of carbonyl (C=O) groups is 2. The van der Waals surface area contributed by atoms with Crippen LogP contribution < -0.4 is 0 Å². The maximum Gasteiger partial charge on any atom is 0.326 e. The molecule has 2 aromatic rings. The fraction of sp³-hybridized carbons (Fsp3) is 0.353. The van der Waals surface area contributed by atoms with E-state index < -0.39 is 17.9 Å². The molecule has 1 N–H and O–H groups in total. The first-order valence-electron chi connectivity index (χ1n) is 7.64. The third kappa shape index (κ3) is 2.97. The van der Waals surface area contributed by atoms with Gasteiger partial charge in [-0.25, -0.2) is 9.78 Å². The Balaban J connectivity index is 1.90. The van der Waals surface area contributed by atoms with Crippen molar-refractivity contribution in [3.63, 3.8) is 0 Å². The second-order valence-electron chi connectivity index (χ2n) is 5.65. The highest BCUT2D eigenvalue weighted by atomic mass is 16.4. The minimum atomic E-state index is -0.974. The number of oxazole rings is 1. The molecule has 1 amide bonds. The summed E-state index contributed by atoms with van der Waals surface area (Å²) in [6.07, 6.45) is 2.08. The summed E-state index contributed by atoms with van der Waals surface area (Å²) < 4.78 is 5.65. The van der Waals surface area contributed by atoms with E-state index in [1.807, 2.05) is 30.3 Å². The number of aromatic nitrogens is 1. The van der Waals surface area contributed by atoms with Crippen LogP contribution in [-0.4, -0.2) is 39.5 Å². The minimum Gasteiger partial charge on any atom is -0.480 e. The Morgan fingerprint density at radius 2 is 2.00 bits per heavy atom. The van der Waals surface area contributed by atoms with Crippen LogP contribution in [0, 0.1) is 6.92 Å². The number of carboxylic acids is 1. The normalized spacial score (nSPS) is 18.0. The molecule has 1 unspecified atom stereocenters. The van der Waals surface area contributed by atoms with E-state index in [-0.39, 0.29) is 5.76 Å². The van der Waals surface area contributed by atoms with Crippen molar-refractivity contribution in [2.75, 3.05) is 6.54 Å². The van der Waals surface area contributed by atoms with Crippen LogP contribution in [-0.2, 0) is 4.79 Å². The molecule has 120 valence electrons. The summed E-state index contributed by atoms with van der Waals surface area (Å²) in [5.41, 5.74) is 1.26. The molecule has 1 aliphatic heterocycles. The highest BCUT2D eigenvalue weighted by Crippen LogP contribution is 2.25. The number of nitrogens with zero attached hydrogens (tertiary/aromatic N) is 2. The van der Waals surface area contributed by atoms with Crippen LogP contribution in [0.5, 0.6) is 0 Å². The smallest absolute Gasteiger partial charge is 0.326 e. The molecule has 1 fully saturated rings. The molecule has 0 bridgehead atoms. The third-order valence-corrected chi connectivity index (χ3v) is 4.06. The standard InChI is InChI=1S/C17H18N2O4/c1-11-14(23-15(18-11)12-7-3-2-4-8-12)16(20)19-10-6-5-9-13(19)17(21)22/h2-4,7-8,13H,5-6,9-10H2,1H3,(H,21,22). The van der Waals surface area contributed by atoms with Gasteiger partial charge in [0.1, 0.15) is 6.04 Å². The van der Waals surface area contributed by atoms with E-state index in [4.69, 9.17) is 4.42 Å². The molecule has 0 saturated carbocycles. The van der Waals surface area contributed by atoms with Crippen molar-refractivity contribution in [3.8, 4) is 11.5 Å². The van der Waals surface area contributed by atoms with Crippen molar-refractivity contribution in [2.45, 2.75) is 32.2 Å². The number of carbonyl (C=O) groups excluding carboxylic acids is 1. The Bertz CT molecular complexity index is 723. The molecule has 2 heterocycles. The summed E-state index contributed by atoms with van der Waals surface area (Å²) in [5, 5.41) is 9.32. The van der Waals surface area contributed by atoms with Gasteiger partial charge < -0.3 is 14.4 Å². The molecular weight excluding hydrogens is 296 g/mol. The molecule has 0 radical (unpaired) electrons. The number of aryl methyl sites for hydroxylation is 1. The molecular formula is C17H18N2O4. The van der Waals surface area contributed by atoms with E-state index in [1.54, 1.807) is 6.92 Å². The van der Waals surface area contributed by atoms with Crippen LogP contribution in [0.4, 0.5) is 0 Å². The fourth-order valence-electron chi connectivity index (χ4n) is 2.86. The van der Waals surface area contributed by atoms with Gasteiger partial charge in [-0.3, -0.25) is 4.79 Å². The molecule has 1 aliphatic rings. The monoisotopic (exact) mass is 314 g/mol. The first kappa shape index (κ1) is 15.3. The van der Waals surface area contributed by atoms with E-state index in [2.05, 4.69) is 4.98 Å². The van der Waals surface area contributed by atoms with Crippen LogP contribution in [0.2, 0.25) is 0 Å². The van der Waals surface area contributed by atoms with Crippen molar-refractivity contribution < 1.29 is 19.1 Å². The summed E-state index contributed by atoms with van der Waals surface area (Å²) in [6, 6.07) is 8.52. The predicted octanol–water partition coefficient (Wildman–Crippen LogP) is 2.73. The van der Waals surface area contributed by atoms with E-state index in [0.717, 1.165) is 18.4 Å². The molecule has 1 aromatic heterocycles. The molecule has 23 heavy (non-hydrogen) atoms. The van der Waals surface area contributed by atoms with Crippen LogP contribution in [0.25, 0.3) is 11.5 Å². The van der Waals surface area contributed by atoms with E-state index >= 15 is 0 Å². The maximum absolute atomic E-state index is 12.7. The lowest BCUT2D eigenvalue weighted by atomic mass is 10.0. The molecule has 1 atom stereocenters. The van der Waals surface area contributed by atoms with E-state index in [1.165, 1.54) is 4.90 Å². The highest BCUT2D eigenvalue weighted by Gasteiger charge is 2.35. The van der Waals surface area contributed by atoms with Crippen molar-refractivity contribution in [3.05, 3.63) is 41.8 Å². The summed E-state index contributed by atoms with van der Waals surface area (Å²) in [5.74, 6) is -0.880. The Labute approximate surface area is 133 Å². The summed E-state index contributed by atoms with van der Waals surface area (Å²) >= 11 is 0. The second kappa shape index (κ2) is 6.24. The lowest BCUT2D eigenvalue weighted by Crippen LogP contribution is -2.48. The largest absolute Gasteiger partial charge is 0.480 e. The quantitative estimate of drug-likeness (QED) is 0.941. The van der Waals surface area contributed by atoms with Gasteiger partial charge in [-0.15, -0.1) is 0 Å². The Morgan fingerprint density at radius 3 is 2.70 bits per heavy atom. The van der Waals surface area contributed by atoms with Gasteiger partial charge in [0.05, 0.1) is 5.69 Å². The summed E-state index contributed by atoms with van der Waals surface area (Å²) in [6.45, 7) is 2.12. The molecule has 3 rings (SSSR count). The number of hydrogen-bond acceptors (Lipinski definition) is 4. The van der Waals surface area contributed by atoms with Crippen molar-refractivity contribution >= 4 is 11.9 Å². The van der Waals surface area contributed by atoms with Gasteiger partial charge in [-0.2, -0.15) is 0 Å². The van der Waals surface area contributed by atoms with Gasteiger partial charge in [-0.1, -0.05) is 18.2 Å². The van der Waals surface area contributed by atoms with Crippen LogP contribution in [0.1, 0.15) is 35.5 Å². The average molecular weight is 314 g/mol. The zero-order chi connectivity index (χ0) is 16.4. The van der Waals surface area contributed by atoms with Crippen LogP contribution in [0.3, 0.4) is 0 Å². The van der Waals surface area contributed by atoms with Gasteiger partial charge in [0.2, 0.25) is 11.7 Å². The van der Waals surface area contributed by atoms with Crippen LogP contribution in [0.15, 0.2) is 34.7 Å². The lowest BCUT2D eigenvalue weighted by molar-refractivity contribution is -0.143. The molecule has 0 spiro atoms. The molecule has 1 aromatic carbocycles. The van der Waals surface area contributed by atoms with Crippen molar-refractivity contribution in [1.82, 2.24) is 9.88 Å². The van der Waals surface area contributed by atoms with Crippen LogP contribution >= 0.6 is 0 Å². The van der Waals surface area contributed by atoms with E-state index in [9.17, 15) is 14.7 Å². The Hall–Kier alpha value is -2.63. The van der Waals surface area contributed by atoms with Gasteiger partial charge >= 0.3 is 5.97 Å². The number of hydrogen-bond donors (Lipinski definition) is 1. The zero-order valence-electron chi connectivity index (χ0n) is 12.9. The van der Waals surface area contributed by atoms with Gasteiger partial charge in [-0.05, 0) is 38.3 Å². The van der Waals surface area contributed by atoms with Gasteiger partial charge in [0.25, 0.3) is 5.91 Å². The molecule has 6 heteroatoms. The number of rotatable bonds is 3. The van der Waals surface area contributed by atoms with Gasteiger partial charge in [0.15, 0.2) is 0 Å². The fourth-order valence-corrected chi connectivity index (χ4v) is 2.86. The van der Waals surface area contributed by atoms with Crippen molar-refractivity contribution in [1.29, 1.82) is 0 Å². The summed E-state index contributed by atoms with van der Waals surface area (Å²) in [4.78, 5) is 29.8. The zero-order valence-corrected chi connectivity index (χ0v) is 12.9. The first-order chi connectivity index (χ1) is 11.1. The molecule has 0 aliphatic carbocycles. The maximum atomic E-state index is 12.7. The van der Waals surface area contributed by atoms with E-state index in [0.29, 0.717) is 24.6 Å². The third-order valence-electron chi connectivity index (χ3n) is 4.06. The lowest BCUT2D eigenvalue weighted by Gasteiger charge is -2.32. The number of piperidine rings is 1. The number of likely N-dealkylation sites (tertiary alicyclic amines) is 1. The Kier molecular flexibility index (Phi) is 4.14. The topological polar surface area (TPSA) is 83.6 Å². The first-order valence-corrected chi connectivity index (χ1v) is 7.64. The molecule has 6 nitrogen and oxygen atoms in total. The van der Waals surface area contributed by atoms with Crippen molar-refractivity contribution in [2.24, 2.45) is 0 Å². The van der Waals surface area contributed by atoms with Gasteiger partial charge in [0, 0.05) is 12.1 Å². The number of benzene rings is 1. The minimum absolute atomic E-state index is 0.122. The number of carboxylic acid groups (broad SMARTS) is 1. The highest BCUT2D eigenvalue weighted by molar-refractivity contribution is 5.95. The number of amides is 1. The number of aliphatic carboxylic acids is 1. The Morgan fingerprint density at radius 1 is 1.26 bits per heavy atom. The molecule has 1 saturated heterocycles. The average Bonchev–Trinajstić information content (AvgIpc) is 2.97. The SMILES string of the molecule is Cc1nc(-c2ccccc2)oc1C(=O)N1CCCCC1C(=O)O. The predicted molar refractivity (Wildman–Crippen MR) is 83.0 cm³/mol. The summed E-state index contributed by atoms with van der Waals surface area (Å²) in [7, 11) is 0. The second-order valence-corrected chi connectivity index (χ2v) is 5.65.